The van der Waals surface area contributed by atoms with Gasteiger partial charge in [0, 0.05) is 13.1 Å². The van der Waals surface area contributed by atoms with Crippen LogP contribution in [0.3, 0.4) is 0 Å². The lowest BCUT2D eigenvalue weighted by Gasteiger charge is -2.15. The maximum Gasteiger partial charge on any atom is 0.191 e. The molecule has 0 aliphatic rings. The molecule has 0 spiro atoms. The second kappa shape index (κ2) is 8.34. The molecular weight excluding hydrogens is 245 g/mol. The second-order valence-corrected chi connectivity index (χ2v) is 4.11. The minimum absolute atomic E-state index is 0.191. The molecular formula is C14H22FN3O. The van der Waals surface area contributed by atoms with Crippen molar-refractivity contribution in [1.29, 1.82) is 0 Å². The number of nitrogens with one attached hydrogen (secondary N) is 2. The summed E-state index contributed by atoms with van der Waals surface area (Å²) in [4.78, 5) is 4.38. The second-order valence-electron chi connectivity index (χ2n) is 4.11. The molecule has 0 heterocycles. The maximum absolute atomic E-state index is 13.4. The van der Waals surface area contributed by atoms with Gasteiger partial charge in [0.2, 0.25) is 0 Å². The minimum atomic E-state index is -0.350. The lowest BCUT2D eigenvalue weighted by atomic mass is 10.3. The number of guanidine groups is 1. The highest BCUT2D eigenvalue weighted by atomic mass is 19.1. The molecule has 5 heteroatoms. The van der Waals surface area contributed by atoms with Crippen LogP contribution in [0.4, 0.5) is 4.39 Å². The van der Waals surface area contributed by atoms with Crippen LogP contribution in [0.2, 0.25) is 0 Å². The first-order valence-electron chi connectivity index (χ1n) is 6.60. The molecule has 0 bridgehead atoms. The van der Waals surface area contributed by atoms with Crippen LogP contribution in [0.5, 0.6) is 5.75 Å². The first-order chi connectivity index (χ1) is 9.17. The van der Waals surface area contributed by atoms with Gasteiger partial charge in [-0.1, -0.05) is 12.1 Å². The summed E-state index contributed by atoms with van der Waals surface area (Å²) >= 11 is 0. The third kappa shape index (κ3) is 5.59. The van der Waals surface area contributed by atoms with Gasteiger partial charge in [0.1, 0.15) is 6.10 Å². The topological polar surface area (TPSA) is 45.7 Å². The molecule has 106 valence electrons. The lowest BCUT2D eigenvalue weighted by Crippen LogP contribution is -2.37. The summed E-state index contributed by atoms with van der Waals surface area (Å²) in [6, 6.07) is 6.38. The zero-order valence-electron chi connectivity index (χ0n) is 11.7. The summed E-state index contributed by atoms with van der Waals surface area (Å²) in [5.41, 5.74) is 0. The van der Waals surface area contributed by atoms with Crippen LogP contribution in [-0.4, -0.2) is 31.7 Å². The van der Waals surface area contributed by atoms with Crippen LogP contribution >= 0.6 is 0 Å². The van der Waals surface area contributed by atoms with E-state index >= 15 is 0 Å². The Kier molecular flexibility index (Phi) is 6.71. The Morgan fingerprint density at radius 1 is 1.26 bits per heavy atom. The van der Waals surface area contributed by atoms with Gasteiger partial charge in [-0.25, -0.2) is 9.38 Å². The van der Waals surface area contributed by atoms with Gasteiger partial charge in [-0.3, -0.25) is 0 Å². The van der Waals surface area contributed by atoms with E-state index in [0.29, 0.717) is 6.54 Å². The number of hydrogen-bond acceptors (Lipinski definition) is 2. The van der Waals surface area contributed by atoms with Gasteiger partial charge in [0.05, 0.1) is 6.54 Å². The lowest BCUT2D eigenvalue weighted by molar-refractivity contribution is 0.220. The van der Waals surface area contributed by atoms with Crippen LogP contribution in [-0.2, 0) is 0 Å². The monoisotopic (exact) mass is 267 g/mol. The number of hydrogen-bond donors (Lipinski definition) is 2. The Bertz CT molecular complexity index is 401. The highest BCUT2D eigenvalue weighted by Gasteiger charge is 2.07. The summed E-state index contributed by atoms with van der Waals surface area (Å²) < 4.78 is 18.9. The third-order valence-corrected chi connectivity index (χ3v) is 2.36. The molecule has 1 atom stereocenters. The van der Waals surface area contributed by atoms with E-state index in [1.165, 1.54) is 6.07 Å². The van der Waals surface area contributed by atoms with Gasteiger partial charge >= 0.3 is 0 Å². The van der Waals surface area contributed by atoms with Crippen LogP contribution in [0, 0.1) is 5.82 Å². The van der Waals surface area contributed by atoms with E-state index in [0.717, 1.165) is 19.0 Å². The molecule has 1 unspecified atom stereocenters. The van der Waals surface area contributed by atoms with Crippen molar-refractivity contribution in [3.05, 3.63) is 30.1 Å². The van der Waals surface area contributed by atoms with E-state index in [1.54, 1.807) is 18.2 Å². The number of aliphatic imine (C=N–C) groups is 1. The van der Waals surface area contributed by atoms with Gasteiger partial charge in [0.25, 0.3) is 0 Å². The van der Waals surface area contributed by atoms with E-state index < -0.39 is 0 Å². The summed E-state index contributed by atoms with van der Waals surface area (Å²) in [5.74, 6) is 0.657. The van der Waals surface area contributed by atoms with E-state index in [2.05, 4.69) is 15.6 Å². The minimum Gasteiger partial charge on any atom is -0.486 e. The van der Waals surface area contributed by atoms with E-state index in [1.807, 2.05) is 20.8 Å². The van der Waals surface area contributed by atoms with Gasteiger partial charge in [0.15, 0.2) is 17.5 Å². The molecule has 1 aromatic carbocycles. The molecule has 0 aromatic heterocycles. The summed E-state index contributed by atoms with van der Waals surface area (Å²) in [5, 5.41) is 6.25. The standard InChI is InChI=1S/C14H22FN3O/c1-4-16-14(17-5-2)18-10-11(3)19-13-9-7-6-8-12(13)15/h6-9,11H,4-5,10H2,1-3H3,(H2,16,17,18). The number of rotatable bonds is 6. The van der Waals surface area contributed by atoms with E-state index in [-0.39, 0.29) is 17.7 Å². The van der Waals surface area contributed by atoms with Crippen LogP contribution < -0.4 is 15.4 Å². The highest BCUT2D eigenvalue weighted by molar-refractivity contribution is 5.79. The molecule has 0 saturated carbocycles. The van der Waals surface area contributed by atoms with Gasteiger partial charge in [-0.15, -0.1) is 0 Å². The zero-order chi connectivity index (χ0) is 14.1. The van der Waals surface area contributed by atoms with E-state index in [9.17, 15) is 4.39 Å². The summed E-state index contributed by atoms with van der Waals surface area (Å²) in [6.07, 6.45) is -0.191. The Labute approximate surface area is 114 Å². The smallest absolute Gasteiger partial charge is 0.191 e. The molecule has 0 saturated heterocycles. The quantitative estimate of drug-likeness (QED) is 0.613. The molecule has 1 aromatic rings. The van der Waals surface area contributed by atoms with E-state index in [4.69, 9.17) is 4.74 Å². The van der Waals surface area contributed by atoms with Crippen molar-refractivity contribution < 1.29 is 9.13 Å². The Hall–Kier alpha value is -1.78. The summed E-state index contributed by atoms with van der Waals surface area (Å²) in [7, 11) is 0. The number of halogens is 1. The van der Waals surface area contributed by atoms with Crippen molar-refractivity contribution in [2.75, 3.05) is 19.6 Å². The van der Waals surface area contributed by atoms with Crippen molar-refractivity contribution >= 4 is 5.96 Å². The van der Waals surface area contributed by atoms with Crippen LogP contribution in [0.1, 0.15) is 20.8 Å². The van der Waals surface area contributed by atoms with Crippen molar-refractivity contribution in [2.24, 2.45) is 4.99 Å². The average Bonchev–Trinajstić information content (AvgIpc) is 2.39. The fraction of sp³-hybridized carbons (Fsp3) is 0.500. The molecule has 4 nitrogen and oxygen atoms in total. The van der Waals surface area contributed by atoms with Gasteiger partial charge < -0.3 is 15.4 Å². The number of para-hydroxylation sites is 1. The molecule has 0 fully saturated rings. The Morgan fingerprint density at radius 3 is 2.47 bits per heavy atom. The highest BCUT2D eigenvalue weighted by Crippen LogP contribution is 2.16. The fourth-order valence-electron chi connectivity index (χ4n) is 1.52. The predicted octanol–water partition coefficient (Wildman–Crippen LogP) is 2.17. The SMILES string of the molecule is CCNC(=NCC(C)Oc1ccccc1F)NCC. The molecule has 0 radical (unpaired) electrons. The molecule has 2 N–H and O–H groups in total. The molecule has 1 rings (SSSR count). The largest absolute Gasteiger partial charge is 0.486 e. The summed E-state index contributed by atoms with van der Waals surface area (Å²) in [6.45, 7) is 7.94. The number of nitrogens with zero attached hydrogens (tertiary/aromatic N) is 1. The van der Waals surface area contributed by atoms with Crippen LogP contribution in [0.15, 0.2) is 29.3 Å². The maximum atomic E-state index is 13.4. The van der Waals surface area contributed by atoms with Crippen molar-refractivity contribution in [1.82, 2.24) is 10.6 Å². The van der Waals surface area contributed by atoms with Gasteiger partial charge in [-0.05, 0) is 32.9 Å². The zero-order valence-corrected chi connectivity index (χ0v) is 11.7. The Morgan fingerprint density at radius 2 is 1.89 bits per heavy atom. The normalized spacial score (nSPS) is 11.6. The average molecular weight is 267 g/mol. The number of benzene rings is 1. The molecule has 0 amide bonds. The number of ether oxygens (including phenoxy) is 1. The van der Waals surface area contributed by atoms with Crippen molar-refractivity contribution in [3.8, 4) is 5.75 Å². The third-order valence-electron chi connectivity index (χ3n) is 2.36. The first-order valence-corrected chi connectivity index (χ1v) is 6.60. The molecule has 19 heavy (non-hydrogen) atoms. The molecule has 0 aliphatic heterocycles. The first kappa shape index (κ1) is 15.3. The van der Waals surface area contributed by atoms with Crippen LogP contribution in [0.25, 0.3) is 0 Å². The van der Waals surface area contributed by atoms with Crippen molar-refractivity contribution in [3.63, 3.8) is 0 Å². The van der Waals surface area contributed by atoms with Crippen molar-refractivity contribution in [2.45, 2.75) is 26.9 Å². The molecule has 0 aliphatic carbocycles. The Balaban J connectivity index is 2.52. The van der Waals surface area contributed by atoms with Gasteiger partial charge in [-0.2, -0.15) is 0 Å². The predicted molar refractivity (Wildman–Crippen MR) is 76.1 cm³/mol. The fourth-order valence-corrected chi connectivity index (χ4v) is 1.52.